The minimum Gasteiger partial charge on any atom is -0.390 e. The summed E-state index contributed by atoms with van der Waals surface area (Å²) in [6, 6.07) is 1.34. The first-order valence-corrected chi connectivity index (χ1v) is 7.46. The van der Waals surface area contributed by atoms with Crippen LogP contribution in [0.5, 0.6) is 0 Å². The maximum absolute atomic E-state index is 9.67. The Morgan fingerprint density at radius 3 is 2.29 bits per heavy atom. The standard InChI is InChI=1S/C15H31NO/c1-13(9-8-12-15(2,3)17)16-14-10-6-4-5-7-11-14/h13-14,16-17H,4-12H2,1-3H3. The molecule has 1 unspecified atom stereocenters. The van der Waals surface area contributed by atoms with E-state index in [0.29, 0.717) is 6.04 Å². The molecule has 0 bridgehead atoms. The second-order valence-electron chi connectivity index (χ2n) is 6.46. The van der Waals surface area contributed by atoms with Crippen LogP contribution in [0.25, 0.3) is 0 Å². The van der Waals surface area contributed by atoms with Crippen molar-refractivity contribution in [3.8, 4) is 0 Å². The van der Waals surface area contributed by atoms with Crippen molar-refractivity contribution in [2.24, 2.45) is 0 Å². The number of hydrogen-bond acceptors (Lipinski definition) is 2. The number of aliphatic hydroxyl groups is 1. The lowest BCUT2D eigenvalue weighted by Crippen LogP contribution is -2.36. The summed E-state index contributed by atoms with van der Waals surface area (Å²) in [5.74, 6) is 0. The van der Waals surface area contributed by atoms with Gasteiger partial charge in [0.15, 0.2) is 0 Å². The van der Waals surface area contributed by atoms with Crippen molar-refractivity contribution in [3.05, 3.63) is 0 Å². The van der Waals surface area contributed by atoms with Crippen molar-refractivity contribution in [2.45, 2.75) is 96.2 Å². The molecule has 17 heavy (non-hydrogen) atoms. The fourth-order valence-electron chi connectivity index (χ4n) is 2.77. The zero-order chi connectivity index (χ0) is 12.7. The minimum atomic E-state index is -0.498. The molecule has 1 atom stereocenters. The highest BCUT2D eigenvalue weighted by Crippen LogP contribution is 2.19. The maximum Gasteiger partial charge on any atom is 0.0591 e. The lowest BCUT2D eigenvalue weighted by atomic mass is 9.99. The van der Waals surface area contributed by atoms with Gasteiger partial charge >= 0.3 is 0 Å². The molecule has 0 aromatic rings. The third kappa shape index (κ3) is 7.77. The Hall–Kier alpha value is -0.0800. The predicted octanol–water partition coefficient (Wildman–Crippen LogP) is 3.63. The van der Waals surface area contributed by atoms with Gasteiger partial charge in [0, 0.05) is 12.1 Å². The summed E-state index contributed by atoms with van der Waals surface area (Å²) in [5, 5.41) is 13.4. The molecule has 0 saturated heterocycles. The van der Waals surface area contributed by atoms with Gasteiger partial charge in [-0.25, -0.2) is 0 Å². The highest BCUT2D eigenvalue weighted by Gasteiger charge is 2.16. The first-order valence-electron chi connectivity index (χ1n) is 7.46. The number of nitrogens with one attached hydrogen (secondary N) is 1. The first kappa shape index (κ1) is 15.0. The van der Waals surface area contributed by atoms with Gasteiger partial charge in [-0.05, 0) is 52.9 Å². The van der Waals surface area contributed by atoms with Crippen LogP contribution in [-0.2, 0) is 0 Å². The molecule has 1 rings (SSSR count). The van der Waals surface area contributed by atoms with Gasteiger partial charge in [-0.3, -0.25) is 0 Å². The summed E-state index contributed by atoms with van der Waals surface area (Å²) in [6.45, 7) is 6.09. The van der Waals surface area contributed by atoms with Crippen molar-refractivity contribution in [2.75, 3.05) is 0 Å². The fraction of sp³-hybridized carbons (Fsp3) is 1.00. The summed E-state index contributed by atoms with van der Waals surface area (Å²) in [7, 11) is 0. The van der Waals surface area contributed by atoms with Crippen molar-refractivity contribution in [1.29, 1.82) is 0 Å². The van der Waals surface area contributed by atoms with Crippen molar-refractivity contribution in [3.63, 3.8) is 0 Å². The Morgan fingerprint density at radius 1 is 1.18 bits per heavy atom. The molecule has 1 saturated carbocycles. The van der Waals surface area contributed by atoms with Gasteiger partial charge in [-0.1, -0.05) is 25.7 Å². The van der Waals surface area contributed by atoms with Crippen LogP contribution in [0.3, 0.4) is 0 Å². The van der Waals surface area contributed by atoms with E-state index in [2.05, 4.69) is 12.2 Å². The van der Waals surface area contributed by atoms with Gasteiger partial charge in [-0.2, -0.15) is 0 Å². The zero-order valence-electron chi connectivity index (χ0n) is 12.0. The Balaban J connectivity index is 2.12. The van der Waals surface area contributed by atoms with E-state index >= 15 is 0 Å². The summed E-state index contributed by atoms with van der Waals surface area (Å²) < 4.78 is 0. The molecule has 0 radical (unpaired) electrons. The van der Waals surface area contributed by atoms with Crippen LogP contribution in [-0.4, -0.2) is 22.8 Å². The van der Waals surface area contributed by atoms with Gasteiger partial charge < -0.3 is 10.4 Å². The second-order valence-corrected chi connectivity index (χ2v) is 6.46. The molecular formula is C15H31NO. The summed E-state index contributed by atoms with van der Waals surface area (Å²) in [6.07, 6.45) is 11.6. The van der Waals surface area contributed by atoms with Crippen LogP contribution in [0.15, 0.2) is 0 Å². The third-order valence-corrected chi connectivity index (χ3v) is 3.80. The Labute approximate surface area is 107 Å². The average molecular weight is 241 g/mol. The molecule has 1 aliphatic rings. The SMILES string of the molecule is CC(CCCC(C)(C)O)NC1CCCCCC1. The van der Waals surface area contributed by atoms with E-state index in [4.69, 9.17) is 0 Å². The van der Waals surface area contributed by atoms with Crippen LogP contribution in [0.4, 0.5) is 0 Å². The van der Waals surface area contributed by atoms with Gasteiger partial charge in [0.25, 0.3) is 0 Å². The molecule has 1 fully saturated rings. The van der Waals surface area contributed by atoms with E-state index in [1.165, 1.54) is 44.9 Å². The minimum absolute atomic E-state index is 0.498. The zero-order valence-corrected chi connectivity index (χ0v) is 12.0. The van der Waals surface area contributed by atoms with Gasteiger partial charge in [0.05, 0.1) is 5.60 Å². The number of hydrogen-bond donors (Lipinski definition) is 2. The highest BCUT2D eigenvalue weighted by atomic mass is 16.3. The topological polar surface area (TPSA) is 32.3 Å². The molecule has 2 heteroatoms. The predicted molar refractivity (Wildman–Crippen MR) is 74.2 cm³/mol. The molecule has 0 aromatic heterocycles. The molecule has 0 spiro atoms. The van der Waals surface area contributed by atoms with Gasteiger partial charge in [-0.15, -0.1) is 0 Å². The quantitative estimate of drug-likeness (QED) is 0.696. The van der Waals surface area contributed by atoms with Crippen LogP contribution < -0.4 is 5.32 Å². The molecule has 2 N–H and O–H groups in total. The fourth-order valence-corrected chi connectivity index (χ4v) is 2.77. The molecular weight excluding hydrogens is 210 g/mol. The van der Waals surface area contributed by atoms with E-state index in [9.17, 15) is 5.11 Å². The van der Waals surface area contributed by atoms with Gasteiger partial charge in [0.2, 0.25) is 0 Å². The lowest BCUT2D eigenvalue weighted by Gasteiger charge is -2.23. The van der Waals surface area contributed by atoms with E-state index in [-0.39, 0.29) is 0 Å². The van der Waals surface area contributed by atoms with Crippen molar-refractivity contribution >= 4 is 0 Å². The Morgan fingerprint density at radius 2 is 1.76 bits per heavy atom. The molecule has 102 valence electrons. The average Bonchev–Trinajstić information content (AvgIpc) is 2.44. The molecule has 0 heterocycles. The second kappa shape index (κ2) is 7.38. The Kier molecular flexibility index (Phi) is 6.50. The van der Waals surface area contributed by atoms with Crippen LogP contribution in [0.2, 0.25) is 0 Å². The highest BCUT2D eigenvalue weighted by molar-refractivity contribution is 4.75. The van der Waals surface area contributed by atoms with Crippen LogP contribution in [0, 0.1) is 0 Å². The van der Waals surface area contributed by atoms with Crippen LogP contribution in [0.1, 0.15) is 78.6 Å². The smallest absolute Gasteiger partial charge is 0.0591 e. The van der Waals surface area contributed by atoms with Crippen molar-refractivity contribution in [1.82, 2.24) is 5.32 Å². The summed E-state index contributed by atoms with van der Waals surface area (Å²) in [5.41, 5.74) is -0.498. The van der Waals surface area contributed by atoms with Crippen LogP contribution >= 0.6 is 0 Å². The first-order chi connectivity index (χ1) is 7.97. The molecule has 2 nitrogen and oxygen atoms in total. The van der Waals surface area contributed by atoms with Gasteiger partial charge in [0.1, 0.15) is 0 Å². The monoisotopic (exact) mass is 241 g/mol. The Bertz CT molecular complexity index is 190. The van der Waals surface area contributed by atoms with E-state index in [1.807, 2.05) is 13.8 Å². The third-order valence-electron chi connectivity index (χ3n) is 3.80. The van der Waals surface area contributed by atoms with E-state index in [1.54, 1.807) is 0 Å². The van der Waals surface area contributed by atoms with E-state index in [0.717, 1.165) is 18.9 Å². The lowest BCUT2D eigenvalue weighted by molar-refractivity contribution is 0.0674. The summed E-state index contributed by atoms with van der Waals surface area (Å²) >= 11 is 0. The van der Waals surface area contributed by atoms with E-state index < -0.39 is 5.60 Å². The molecule has 0 amide bonds. The molecule has 0 aromatic carbocycles. The molecule has 0 aliphatic heterocycles. The van der Waals surface area contributed by atoms with Crippen molar-refractivity contribution < 1.29 is 5.11 Å². The normalized spacial score (nSPS) is 21.2. The largest absolute Gasteiger partial charge is 0.390 e. The molecule has 1 aliphatic carbocycles. The summed E-state index contributed by atoms with van der Waals surface area (Å²) in [4.78, 5) is 0. The number of rotatable bonds is 6. The maximum atomic E-state index is 9.67.